The minimum Gasteiger partial charge on any atom is -0.368 e. The van der Waals surface area contributed by atoms with E-state index in [-0.39, 0.29) is 5.91 Å². The van der Waals surface area contributed by atoms with Gasteiger partial charge in [0, 0.05) is 10.6 Å². The zero-order valence-corrected chi connectivity index (χ0v) is 10.5. The van der Waals surface area contributed by atoms with Crippen LogP contribution in [0, 0.1) is 0 Å². The van der Waals surface area contributed by atoms with Gasteiger partial charge in [-0.1, -0.05) is 25.1 Å². The molecule has 4 heteroatoms. The largest absolute Gasteiger partial charge is 0.368 e. The van der Waals surface area contributed by atoms with Crippen LogP contribution in [0.15, 0.2) is 35.2 Å². The second kappa shape index (κ2) is 5.92. The third kappa shape index (κ3) is 3.54. The molecule has 3 nitrogen and oxygen atoms in total. The number of carbonyl (C=O) groups excluding carboxylic acids is 1. The molecule has 1 amide bonds. The number of nitrogens with two attached hydrogens (primary N) is 1. The first kappa shape index (κ1) is 13.1. The van der Waals surface area contributed by atoms with Gasteiger partial charge < -0.3 is 11.1 Å². The number of rotatable bonds is 6. The summed E-state index contributed by atoms with van der Waals surface area (Å²) in [5.74, 6) is 0.331. The van der Waals surface area contributed by atoms with Gasteiger partial charge in [0.1, 0.15) is 5.54 Å². The lowest BCUT2D eigenvalue weighted by Gasteiger charge is -2.26. The van der Waals surface area contributed by atoms with Crippen molar-refractivity contribution in [3.63, 3.8) is 0 Å². The van der Waals surface area contributed by atoms with Crippen molar-refractivity contribution in [3.05, 3.63) is 30.3 Å². The standard InChI is InChI=1S/C12H18N2OS/c1-3-14-12(2,11(13)15)9-16-10-7-5-4-6-8-10/h4-8,14H,3,9H2,1-2H3,(H2,13,15). The van der Waals surface area contributed by atoms with Crippen LogP contribution in [0.3, 0.4) is 0 Å². The number of primary amides is 1. The number of likely N-dealkylation sites (N-methyl/N-ethyl adjacent to an activating group) is 1. The predicted octanol–water partition coefficient (Wildman–Crippen LogP) is 1.63. The number of thioether (sulfide) groups is 1. The molecule has 1 aromatic carbocycles. The highest BCUT2D eigenvalue weighted by Gasteiger charge is 2.29. The number of hydrogen-bond donors (Lipinski definition) is 2. The molecule has 0 saturated carbocycles. The van der Waals surface area contributed by atoms with Gasteiger partial charge in [0.05, 0.1) is 0 Å². The van der Waals surface area contributed by atoms with Crippen LogP contribution in [-0.2, 0) is 4.79 Å². The highest BCUT2D eigenvalue weighted by molar-refractivity contribution is 7.99. The van der Waals surface area contributed by atoms with E-state index in [0.29, 0.717) is 5.75 Å². The smallest absolute Gasteiger partial charge is 0.238 e. The zero-order chi connectivity index (χ0) is 12.0. The van der Waals surface area contributed by atoms with Crippen LogP contribution < -0.4 is 11.1 Å². The summed E-state index contributed by atoms with van der Waals surface area (Å²) >= 11 is 1.63. The summed E-state index contributed by atoms with van der Waals surface area (Å²) in [6.45, 7) is 4.54. The average molecular weight is 238 g/mol. The van der Waals surface area contributed by atoms with Gasteiger partial charge in [-0.15, -0.1) is 11.8 Å². The minimum absolute atomic E-state index is 0.308. The normalized spacial score (nSPS) is 14.4. The average Bonchev–Trinajstić information content (AvgIpc) is 2.28. The van der Waals surface area contributed by atoms with Crippen molar-refractivity contribution in [3.8, 4) is 0 Å². The maximum Gasteiger partial charge on any atom is 0.238 e. The van der Waals surface area contributed by atoms with Crippen LogP contribution in [0.25, 0.3) is 0 Å². The molecule has 1 unspecified atom stereocenters. The molecule has 0 aliphatic carbocycles. The number of carbonyl (C=O) groups is 1. The van der Waals surface area contributed by atoms with Crippen molar-refractivity contribution in [2.75, 3.05) is 12.3 Å². The second-order valence-electron chi connectivity index (χ2n) is 3.83. The Bertz CT molecular complexity index is 342. The predicted molar refractivity (Wildman–Crippen MR) is 68.4 cm³/mol. The van der Waals surface area contributed by atoms with Crippen LogP contribution >= 0.6 is 11.8 Å². The van der Waals surface area contributed by atoms with Gasteiger partial charge in [-0.2, -0.15) is 0 Å². The van der Waals surface area contributed by atoms with E-state index in [0.717, 1.165) is 11.4 Å². The van der Waals surface area contributed by atoms with Crippen molar-refractivity contribution in [1.29, 1.82) is 0 Å². The van der Waals surface area contributed by atoms with E-state index in [1.54, 1.807) is 11.8 Å². The van der Waals surface area contributed by atoms with Crippen molar-refractivity contribution in [2.45, 2.75) is 24.3 Å². The Kier molecular flexibility index (Phi) is 4.83. The van der Waals surface area contributed by atoms with Gasteiger partial charge >= 0.3 is 0 Å². The number of benzene rings is 1. The molecule has 0 spiro atoms. The van der Waals surface area contributed by atoms with Crippen LogP contribution in [0.4, 0.5) is 0 Å². The lowest BCUT2D eigenvalue weighted by molar-refractivity contribution is -0.122. The quantitative estimate of drug-likeness (QED) is 0.741. The Morgan fingerprint density at radius 3 is 2.56 bits per heavy atom. The van der Waals surface area contributed by atoms with E-state index in [2.05, 4.69) is 5.32 Å². The molecule has 0 heterocycles. The lowest BCUT2D eigenvalue weighted by Crippen LogP contribution is -2.55. The van der Waals surface area contributed by atoms with E-state index < -0.39 is 5.54 Å². The van der Waals surface area contributed by atoms with Crippen LogP contribution in [-0.4, -0.2) is 23.7 Å². The maximum absolute atomic E-state index is 11.4. The molecule has 0 aromatic heterocycles. The Morgan fingerprint density at radius 1 is 1.44 bits per heavy atom. The molecule has 16 heavy (non-hydrogen) atoms. The van der Waals surface area contributed by atoms with Gasteiger partial charge in [-0.05, 0) is 25.6 Å². The van der Waals surface area contributed by atoms with Gasteiger partial charge in [-0.3, -0.25) is 4.79 Å². The molecule has 0 aliphatic heterocycles. The van der Waals surface area contributed by atoms with Crippen LogP contribution in [0.1, 0.15) is 13.8 Å². The Balaban J connectivity index is 2.60. The van der Waals surface area contributed by atoms with Gasteiger partial charge in [0.25, 0.3) is 0 Å². The topological polar surface area (TPSA) is 55.1 Å². The van der Waals surface area contributed by atoms with Gasteiger partial charge in [-0.25, -0.2) is 0 Å². The monoisotopic (exact) mass is 238 g/mol. The molecule has 0 aliphatic rings. The third-order valence-electron chi connectivity index (χ3n) is 2.38. The number of amides is 1. The Morgan fingerprint density at radius 2 is 2.06 bits per heavy atom. The van der Waals surface area contributed by atoms with Crippen LogP contribution in [0.5, 0.6) is 0 Å². The summed E-state index contributed by atoms with van der Waals surface area (Å²) in [5.41, 5.74) is 4.76. The molecule has 0 saturated heterocycles. The summed E-state index contributed by atoms with van der Waals surface area (Å²) in [7, 11) is 0. The van der Waals surface area contributed by atoms with Gasteiger partial charge in [0.15, 0.2) is 0 Å². The van der Waals surface area contributed by atoms with E-state index in [4.69, 9.17) is 5.73 Å². The first-order valence-electron chi connectivity index (χ1n) is 5.31. The Hall–Kier alpha value is -1.00. The van der Waals surface area contributed by atoms with E-state index in [9.17, 15) is 4.79 Å². The SMILES string of the molecule is CCNC(C)(CSc1ccccc1)C(N)=O. The van der Waals surface area contributed by atoms with Crippen LogP contribution in [0.2, 0.25) is 0 Å². The Labute approximate surface area is 101 Å². The molecule has 1 atom stereocenters. The van der Waals surface area contributed by atoms with E-state index in [1.807, 2.05) is 44.2 Å². The van der Waals surface area contributed by atoms with Crippen molar-refractivity contribution in [2.24, 2.45) is 5.73 Å². The van der Waals surface area contributed by atoms with Crippen molar-refractivity contribution < 1.29 is 4.79 Å². The fourth-order valence-electron chi connectivity index (χ4n) is 1.34. The summed E-state index contributed by atoms with van der Waals surface area (Å²) in [6, 6.07) is 9.99. The summed E-state index contributed by atoms with van der Waals surface area (Å²) < 4.78 is 0. The summed E-state index contributed by atoms with van der Waals surface area (Å²) in [6.07, 6.45) is 0. The van der Waals surface area contributed by atoms with E-state index in [1.165, 1.54) is 0 Å². The molecule has 1 aromatic rings. The molecular weight excluding hydrogens is 220 g/mol. The summed E-state index contributed by atoms with van der Waals surface area (Å²) in [4.78, 5) is 12.5. The highest BCUT2D eigenvalue weighted by atomic mass is 32.2. The third-order valence-corrected chi connectivity index (χ3v) is 3.71. The number of hydrogen-bond acceptors (Lipinski definition) is 3. The van der Waals surface area contributed by atoms with E-state index >= 15 is 0 Å². The maximum atomic E-state index is 11.4. The molecule has 3 N–H and O–H groups in total. The second-order valence-corrected chi connectivity index (χ2v) is 4.88. The molecule has 0 bridgehead atoms. The fraction of sp³-hybridized carbons (Fsp3) is 0.417. The number of nitrogens with one attached hydrogen (secondary N) is 1. The van der Waals surface area contributed by atoms with Gasteiger partial charge in [0.2, 0.25) is 5.91 Å². The molecule has 0 fully saturated rings. The first-order valence-corrected chi connectivity index (χ1v) is 6.30. The van der Waals surface area contributed by atoms with Crippen molar-refractivity contribution in [1.82, 2.24) is 5.32 Å². The summed E-state index contributed by atoms with van der Waals surface area (Å²) in [5, 5.41) is 3.13. The minimum atomic E-state index is -0.644. The lowest BCUT2D eigenvalue weighted by atomic mass is 10.1. The zero-order valence-electron chi connectivity index (χ0n) is 9.69. The molecular formula is C12H18N2OS. The molecule has 0 radical (unpaired) electrons. The first-order chi connectivity index (χ1) is 7.58. The highest BCUT2D eigenvalue weighted by Crippen LogP contribution is 2.22. The molecule has 1 rings (SSSR count). The fourth-order valence-corrected chi connectivity index (χ4v) is 2.39. The van der Waals surface area contributed by atoms with Crippen molar-refractivity contribution >= 4 is 17.7 Å². The molecule has 88 valence electrons.